The fourth-order valence-corrected chi connectivity index (χ4v) is 2.61. The van der Waals surface area contributed by atoms with Crippen molar-refractivity contribution < 1.29 is 14.3 Å². The zero-order chi connectivity index (χ0) is 19.5. The molecule has 1 amide bonds. The maximum Gasteiger partial charge on any atom is 0.330 e. The van der Waals surface area contributed by atoms with Crippen LogP contribution in [0.1, 0.15) is 29.9 Å². The molecule has 2 rings (SSSR count). The molecule has 8 heteroatoms. The van der Waals surface area contributed by atoms with Crippen molar-refractivity contribution in [1.29, 1.82) is 0 Å². The van der Waals surface area contributed by atoms with Gasteiger partial charge in [-0.1, -0.05) is 29.3 Å². The average molecular weight is 396 g/mol. The van der Waals surface area contributed by atoms with Crippen LogP contribution in [-0.2, 0) is 9.53 Å². The summed E-state index contributed by atoms with van der Waals surface area (Å²) < 4.78 is 4.68. The van der Waals surface area contributed by atoms with Gasteiger partial charge >= 0.3 is 5.97 Å². The SMILES string of the molecule is COC(=O)C(C)(C)NC(=O)c1ccc(C)c(Nc2ccc(Cl)cc2Cl)n1. The zero-order valence-electron chi connectivity index (χ0n) is 14.8. The van der Waals surface area contributed by atoms with Crippen molar-refractivity contribution in [1.82, 2.24) is 10.3 Å². The lowest BCUT2D eigenvalue weighted by atomic mass is 10.1. The lowest BCUT2D eigenvalue weighted by molar-refractivity contribution is -0.146. The van der Waals surface area contributed by atoms with Gasteiger partial charge < -0.3 is 15.4 Å². The number of hydrogen-bond donors (Lipinski definition) is 2. The molecular formula is C18H19Cl2N3O3. The second-order valence-corrected chi connectivity index (χ2v) is 7.03. The van der Waals surface area contributed by atoms with Gasteiger partial charge in [-0.3, -0.25) is 4.79 Å². The van der Waals surface area contributed by atoms with Gasteiger partial charge in [-0.05, 0) is 50.6 Å². The number of esters is 1. The molecule has 0 unspecified atom stereocenters. The largest absolute Gasteiger partial charge is 0.467 e. The van der Waals surface area contributed by atoms with Crippen molar-refractivity contribution in [2.24, 2.45) is 0 Å². The Kier molecular flexibility index (Phi) is 6.10. The quantitative estimate of drug-likeness (QED) is 0.744. The number of anilines is 2. The Labute approximate surface area is 161 Å². The van der Waals surface area contributed by atoms with Crippen LogP contribution in [-0.4, -0.2) is 29.5 Å². The van der Waals surface area contributed by atoms with Gasteiger partial charge in [0.25, 0.3) is 5.91 Å². The molecule has 2 aromatic rings. The highest BCUT2D eigenvalue weighted by molar-refractivity contribution is 6.36. The van der Waals surface area contributed by atoms with Gasteiger partial charge in [0, 0.05) is 5.02 Å². The Hall–Kier alpha value is -2.31. The van der Waals surface area contributed by atoms with Crippen molar-refractivity contribution in [3.63, 3.8) is 0 Å². The van der Waals surface area contributed by atoms with E-state index in [1.165, 1.54) is 7.11 Å². The second kappa shape index (κ2) is 7.93. The summed E-state index contributed by atoms with van der Waals surface area (Å²) in [7, 11) is 1.26. The van der Waals surface area contributed by atoms with Gasteiger partial charge in [-0.15, -0.1) is 0 Å². The van der Waals surface area contributed by atoms with Crippen LogP contribution in [0.2, 0.25) is 10.0 Å². The van der Waals surface area contributed by atoms with Gasteiger partial charge in [0.1, 0.15) is 17.1 Å². The highest BCUT2D eigenvalue weighted by atomic mass is 35.5. The normalized spacial score (nSPS) is 11.0. The minimum atomic E-state index is -1.18. The summed E-state index contributed by atoms with van der Waals surface area (Å²) in [5, 5.41) is 6.64. The molecule has 1 heterocycles. The molecule has 0 radical (unpaired) electrons. The summed E-state index contributed by atoms with van der Waals surface area (Å²) in [6.07, 6.45) is 0. The van der Waals surface area contributed by atoms with E-state index in [1.807, 2.05) is 6.92 Å². The molecule has 0 aliphatic carbocycles. The third-order valence-corrected chi connectivity index (χ3v) is 4.18. The number of amides is 1. The van der Waals surface area contributed by atoms with Crippen LogP contribution in [0.3, 0.4) is 0 Å². The van der Waals surface area contributed by atoms with Crippen LogP contribution in [0.4, 0.5) is 11.5 Å². The number of carbonyl (C=O) groups is 2. The van der Waals surface area contributed by atoms with E-state index < -0.39 is 17.4 Å². The summed E-state index contributed by atoms with van der Waals surface area (Å²) in [5.41, 5.74) is 0.407. The van der Waals surface area contributed by atoms with E-state index in [4.69, 9.17) is 23.2 Å². The molecule has 1 aromatic carbocycles. The Bertz CT molecular complexity index is 854. The highest BCUT2D eigenvalue weighted by Crippen LogP contribution is 2.28. The maximum absolute atomic E-state index is 12.5. The summed E-state index contributed by atoms with van der Waals surface area (Å²) in [4.78, 5) is 28.5. The molecule has 0 saturated carbocycles. The number of aryl methyl sites for hydroxylation is 1. The van der Waals surface area contributed by atoms with E-state index in [-0.39, 0.29) is 5.69 Å². The number of pyridine rings is 1. The predicted molar refractivity (Wildman–Crippen MR) is 102 cm³/mol. The average Bonchev–Trinajstić information content (AvgIpc) is 2.57. The van der Waals surface area contributed by atoms with E-state index >= 15 is 0 Å². The Balaban J connectivity index is 2.26. The number of methoxy groups -OCH3 is 1. The number of benzene rings is 1. The lowest BCUT2D eigenvalue weighted by Gasteiger charge is -2.23. The third kappa shape index (κ3) is 4.65. The first-order valence-corrected chi connectivity index (χ1v) is 8.50. The van der Waals surface area contributed by atoms with Crippen LogP contribution >= 0.6 is 23.2 Å². The van der Waals surface area contributed by atoms with Crippen molar-refractivity contribution >= 4 is 46.6 Å². The van der Waals surface area contributed by atoms with Crippen molar-refractivity contribution in [3.8, 4) is 0 Å². The molecule has 2 N–H and O–H groups in total. The third-order valence-electron chi connectivity index (χ3n) is 3.64. The number of ether oxygens (including phenoxy) is 1. The van der Waals surface area contributed by atoms with Crippen LogP contribution in [0.5, 0.6) is 0 Å². The number of halogens is 2. The number of nitrogens with zero attached hydrogens (tertiary/aromatic N) is 1. The summed E-state index contributed by atoms with van der Waals surface area (Å²) in [5.74, 6) is -0.576. The van der Waals surface area contributed by atoms with Gasteiger partial charge in [0.15, 0.2) is 0 Å². The van der Waals surface area contributed by atoms with E-state index in [1.54, 1.807) is 44.2 Å². The molecule has 6 nitrogen and oxygen atoms in total. The fourth-order valence-electron chi connectivity index (χ4n) is 2.15. The van der Waals surface area contributed by atoms with E-state index in [0.29, 0.717) is 21.6 Å². The van der Waals surface area contributed by atoms with E-state index in [2.05, 4.69) is 20.4 Å². The van der Waals surface area contributed by atoms with Crippen molar-refractivity contribution in [3.05, 3.63) is 51.6 Å². The standard InChI is InChI=1S/C18H19Cl2N3O3/c1-10-5-7-14(16(24)23-18(2,3)17(25)26-4)22-15(10)21-13-8-6-11(19)9-12(13)20/h5-9H,1-4H3,(H,21,22)(H,23,24). The first kappa shape index (κ1) is 20.0. The van der Waals surface area contributed by atoms with Gasteiger partial charge in [-0.25, -0.2) is 9.78 Å². The number of hydrogen-bond acceptors (Lipinski definition) is 5. The summed E-state index contributed by atoms with van der Waals surface area (Å²) in [6, 6.07) is 8.35. The molecular weight excluding hydrogens is 377 g/mol. The molecule has 0 aliphatic heterocycles. The molecule has 26 heavy (non-hydrogen) atoms. The molecule has 0 saturated heterocycles. The molecule has 0 atom stereocenters. The Morgan fingerprint density at radius 3 is 2.46 bits per heavy atom. The lowest BCUT2D eigenvalue weighted by Crippen LogP contribution is -2.50. The Morgan fingerprint density at radius 1 is 1.15 bits per heavy atom. The molecule has 1 aromatic heterocycles. The predicted octanol–water partition coefficient (Wildman–Crippen LogP) is 4.12. The zero-order valence-corrected chi connectivity index (χ0v) is 16.3. The van der Waals surface area contributed by atoms with Gasteiger partial charge in [0.2, 0.25) is 0 Å². The second-order valence-electron chi connectivity index (χ2n) is 6.18. The van der Waals surface area contributed by atoms with Gasteiger partial charge in [-0.2, -0.15) is 0 Å². The summed E-state index contributed by atoms with van der Waals surface area (Å²) >= 11 is 12.1. The molecule has 0 bridgehead atoms. The smallest absolute Gasteiger partial charge is 0.330 e. The Morgan fingerprint density at radius 2 is 1.85 bits per heavy atom. The van der Waals surface area contributed by atoms with Crippen molar-refractivity contribution in [2.75, 3.05) is 12.4 Å². The van der Waals surface area contributed by atoms with Crippen LogP contribution in [0, 0.1) is 6.92 Å². The van der Waals surface area contributed by atoms with Gasteiger partial charge in [0.05, 0.1) is 17.8 Å². The minimum absolute atomic E-state index is 0.153. The van der Waals surface area contributed by atoms with Crippen LogP contribution in [0.15, 0.2) is 30.3 Å². The molecule has 0 aliphatic rings. The fraction of sp³-hybridized carbons (Fsp3) is 0.278. The number of aromatic nitrogens is 1. The first-order valence-electron chi connectivity index (χ1n) is 7.74. The van der Waals surface area contributed by atoms with E-state index in [0.717, 1.165) is 5.56 Å². The van der Waals surface area contributed by atoms with Crippen LogP contribution < -0.4 is 10.6 Å². The molecule has 138 valence electrons. The van der Waals surface area contributed by atoms with E-state index in [9.17, 15) is 9.59 Å². The number of rotatable bonds is 5. The monoisotopic (exact) mass is 395 g/mol. The minimum Gasteiger partial charge on any atom is -0.467 e. The topological polar surface area (TPSA) is 80.3 Å². The number of carbonyl (C=O) groups excluding carboxylic acids is 2. The number of nitrogens with one attached hydrogen (secondary N) is 2. The molecule has 0 fully saturated rings. The molecule has 0 spiro atoms. The summed E-state index contributed by atoms with van der Waals surface area (Å²) in [6.45, 7) is 4.95. The highest BCUT2D eigenvalue weighted by Gasteiger charge is 2.31. The van der Waals surface area contributed by atoms with Crippen LogP contribution in [0.25, 0.3) is 0 Å². The maximum atomic E-state index is 12.5. The van der Waals surface area contributed by atoms with Crippen molar-refractivity contribution in [2.45, 2.75) is 26.3 Å². The first-order chi connectivity index (χ1) is 12.1.